The maximum absolute atomic E-state index is 5.75. The molecule has 0 aliphatic rings. The van der Waals surface area contributed by atoms with Gasteiger partial charge in [-0.3, -0.25) is 0 Å². The van der Waals surface area contributed by atoms with Crippen molar-refractivity contribution < 1.29 is 4.74 Å². The number of hydrogen-bond acceptors (Lipinski definition) is 2. The number of ether oxygens (including phenoxy) is 1. The maximum Gasteiger partial charge on any atom is 0.123 e. The summed E-state index contributed by atoms with van der Waals surface area (Å²) >= 11 is 5.75. The minimum absolute atomic E-state index is 0.540. The third-order valence-corrected chi connectivity index (χ3v) is 3.05. The van der Waals surface area contributed by atoms with Crippen LogP contribution in [0.3, 0.4) is 0 Å². The SMILES string of the molecule is COc1ccc(C(C)C)cc1CN(C)CCCl. The van der Waals surface area contributed by atoms with E-state index in [1.165, 1.54) is 11.1 Å². The topological polar surface area (TPSA) is 12.5 Å². The lowest BCUT2D eigenvalue weighted by atomic mass is 10.00. The zero-order chi connectivity index (χ0) is 12.8. The number of methoxy groups -OCH3 is 1. The zero-order valence-electron chi connectivity index (χ0n) is 11.2. The van der Waals surface area contributed by atoms with E-state index >= 15 is 0 Å². The molecule has 0 N–H and O–H groups in total. The molecule has 17 heavy (non-hydrogen) atoms. The third kappa shape index (κ3) is 4.21. The highest BCUT2D eigenvalue weighted by molar-refractivity contribution is 6.18. The summed E-state index contributed by atoms with van der Waals surface area (Å²) in [5.41, 5.74) is 2.58. The average molecular weight is 256 g/mol. The molecule has 0 unspecified atom stereocenters. The Hall–Kier alpha value is -0.730. The first-order valence-electron chi connectivity index (χ1n) is 5.99. The van der Waals surface area contributed by atoms with Crippen LogP contribution in [0.15, 0.2) is 18.2 Å². The van der Waals surface area contributed by atoms with E-state index in [2.05, 4.69) is 44.0 Å². The van der Waals surface area contributed by atoms with E-state index in [-0.39, 0.29) is 0 Å². The van der Waals surface area contributed by atoms with Crippen LogP contribution in [0.25, 0.3) is 0 Å². The Balaban J connectivity index is 2.89. The lowest BCUT2D eigenvalue weighted by Crippen LogP contribution is -2.20. The van der Waals surface area contributed by atoms with Crippen LogP contribution in [0.1, 0.15) is 30.9 Å². The summed E-state index contributed by atoms with van der Waals surface area (Å²) in [6.45, 7) is 6.16. The molecule has 1 aromatic carbocycles. The molecule has 1 rings (SSSR count). The first-order chi connectivity index (χ1) is 8.08. The van der Waals surface area contributed by atoms with Crippen molar-refractivity contribution in [2.45, 2.75) is 26.3 Å². The van der Waals surface area contributed by atoms with E-state index in [9.17, 15) is 0 Å². The molecule has 2 nitrogen and oxygen atoms in total. The summed E-state index contributed by atoms with van der Waals surface area (Å²) in [7, 11) is 3.79. The number of benzene rings is 1. The summed E-state index contributed by atoms with van der Waals surface area (Å²) < 4.78 is 5.40. The van der Waals surface area contributed by atoms with Crippen molar-refractivity contribution >= 4 is 11.6 Å². The van der Waals surface area contributed by atoms with E-state index in [1.54, 1.807) is 7.11 Å². The Labute approximate surface area is 110 Å². The Morgan fingerprint density at radius 3 is 2.59 bits per heavy atom. The zero-order valence-corrected chi connectivity index (χ0v) is 11.9. The molecule has 0 aromatic heterocycles. The van der Waals surface area contributed by atoms with Crippen LogP contribution in [0.5, 0.6) is 5.75 Å². The van der Waals surface area contributed by atoms with Crippen molar-refractivity contribution in [3.8, 4) is 5.75 Å². The van der Waals surface area contributed by atoms with Gasteiger partial charge in [-0.25, -0.2) is 0 Å². The van der Waals surface area contributed by atoms with Gasteiger partial charge in [-0.15, -0.1) is 11.6 Å². The van der Waals surface area contributed by atoms with E-state index in [4.69, 9.17) is 16.3 Å². The Kier molecular flexibility index (Phi) is 5.79. The van der Waals surface area contributed by atoms with Gasteiger partial charge in [0.1, 0.15) is 5.75 Å². The fourth-order valence-electron chi connectivity index (χ4n) is 1.80. The van der Waals surface area contributed by atoms with E-state index < -0.39 is 0 Å². The lowest BCUT2D eigenvalue weighted by Gasteiger charge is -2.18. The molecule has 0 aliphatic carbocycles. The minimum atomic E-state index is 0.540. The summed E-state index contributed by atoms with van der Waals surface area (Å²) in [4.78, 5) is 2.20. The Bertz CT molecular complexity index is 352. The minimum Gasteiger partial charge on any atom is -0.496 e. The first-order valence-corrected chi connectivity index (χ1v) is 6.53. The monoisotopic (exact) mass is 255 g/mol. The predicted molar refractivity (Wildman–Crippen MR) is 74.1 cm³/mol. The molecule has 0 radical (unpaired) electrons. The first kappa shape index (κ1) is 14.3. The number of nitrogens with zero attached hydrogens (tertiary/aromatic N) is 1. The van der Waals surface area contributed by atoms with Gasteiger partial charge < -0.3 is 9.64 Å². The largest absolute Gasteiger partial charge is 0.496 e. The number of hydrogen-bond donors (Lipinski definition) is 0. The van der Waals surface area contributed by atoms with Gasteiger partial charge in [0, 0.05) is 24.5 Å². The molecule has 0 aliphatic heterocycles. The maximum atomic E-state index is 5.75. The number of rotatable bonds is 6. The second-order valence-corrected chi connectivity index (χ2v) is 5.03. The van der Waals surface area contributed by atoms with Gasteiger partial charge in [0.2, 0.25) is 0 Å². The van der Waals surface area contributed by atoms with Crippen LogP contribution in [0.4, 0.5) is 0 Å². The third-order valence-electron chi connectivity index (χ3n) is 2.88. The summed E-state index contributed by atoms with van der Waals surface area (Å²) in [5, 5.41) is 0. The van der Waals surface area contributed by atoms with Crippen LogP contribution in [0.2, 0.25) is 0 Å². The summed E-state index contributed by atoms with van der Waals surface area (Å²) in [5.74, 6) is 2.15. The summed E-state index contributed by atoms with van der Waals surface area (Å²) in [6.07, 6.45) is 0. The smallest absolute Gasteiger partial charge is 0.123 e. The fraction of sp³-hybridized carbons (Fsp3) is 0.571. The molecule has 0 amide bonds. The van der Waals surface area contributed by atoms with Gasteiger partial charge >= 0.3 is 0 Å². The van der Waals surface area contributed by atoms with Crippen molar-refractivity contribution in [2.24, 2.45) is 0 Å². The molecule has 3 heteroatoms. The van der Waals surface area contributed by atoms with Crippen LogP contribution >= 0.6 is 11.6 Å². The van der Waals surface area contributed by atoms with Crippen molar-refractivity contribution in [1.29, 1.82) is 0 Å². The number of alkyl halides is 1. The number of halogens is 1. The van der Waals surface area contributed by atoms with Crippen LogP contribution in [0, 0.1) is 0 Å². The normalized spacial score (nSPS) is 11.2. The molecule has 0 saturated heterocycles. The lowest BCUT2D eigenvalue weighted by molar-refractivity contribution is 0.334. The molecule has 0 atom stereocenters. The van der Waals surface area contributed by atoms with Gasteiger partial charge in [0.25, 0.3) is 0 Å². The average Bonchev–Trinajstić information content (AvgIpc) is 2.29. The highest BCUT2D eigenvalue weighted by atomic mass is 35.5. The second-order valence-electron chi connectivity index (χ2n) is 4.65. The molecule has 0 fully saturated rings. The molecule has 0 heterocycles. The highest BCUT2D eigenvalue weighted by Crippen LogP contribution is 2.25. The molecule has 0 bridgehead atoms. The van der Waals surface area contributed by atoms with Gasteiger partial charge in [-0.05, 0) is 24.6 Å². The Morgan fingerprint density at radius 2 is 2.06 bits per heavy atom. The second kappa shape index (κ2) is 6.87. The van der Waals surface area contributed by atoms with Crippen molar-refractivity contribution in [3.63, 3.8) is 0 Å². The van der Waals surface area contributed by atoms with E-state index in [0.29, 0.717) is 11.8 Å². The van der Waals surface area contributed by atoms with Gasteiger partial charge in [-0.2, -0.15) is 0 Å². The van der Waals surface area contributed by atoms with Crippen molar-refractivity contribution in [1.82, 2.24) is 4.90 Å². The Morgan fingerprint density at radius 1 is 1.35 bits per heavy atom. The van der Waals surface area contributed by atoms with E-state index in [1.807, 2.05) is 0 Å². The molecule has 1 aromatic rings. The van der Waals surface area contributed by atoms with Gasteiger partial charge in [0.15, 0.2) is 0 Å². The highest BCUT2D eigenvalue weighted by Gasteiger charge is 2.09. The predicted octanol–water partition coefficient (Wildman–Crippen LogP) is 3.49. The van der Waals surface area contributed by atoms with Crippen LogP contribution in [-0.4, -0.2) is 31.5 Å². The molecular weight excluding hydrogens is 234 g/mol. The summed E-state index contributed by atoms with van der Waals surface area (Å²) in [6, 6.07) is 6.42. The molecular formula is C14H22ClNO. The standard InChI is InChI=1S/C14H22ClNO/c1-11(2)12-5-6-14(17-4)13(9-12)10-16(3)8-7-15/h5-6,9,11H,7-8,10H2,1-4H3. The van der Waals surface area contributed by atoms with Crippen molar-refractivity contribution in [3.05, 3.63) is 29.3 Å². The van der Waals surface area contributed by atoms with E-state index in [0.717, 1.165) is 18.8 Å². The van der Waals surface area contributed by atoms with Gasteiger partial charge in [-0.1, -0.05) is 26.0 Å². The van der Waals surface area contributed by atoms with Gasteiger partial charge in [0.05, 0.1) is 7.11 Å². The van der Waals surface area contributed by atoms with Crippen LogP contribution < -0.4 is 4.74 Å². The molecule has 0 saturated carbocycles. The van der Waals surface area contributed by atoms with Crippen molar-refractivity contribution in [2.75, 3.05) is 26.6 Å². The quantitative estimate of drug-likeness (QED) is 0.722. The molecule has 96 valence electrons. The fourth-order valence-corrected chi connectivity index (χ4v) is 2.08. The van der Waals surface area contributed by atoms with Crippen LogP contribution in [-0.2, 0) is 6.54 Å². The molecule has 0 spiro atoms.